The van der Waals surface area contributed by atoms with Crippen LogP contribution in [0, 0.1) is 5.38 Å². The molecule has 2 aromatic rings. The van der Waals surface area contributed by atoms with E-state index in [9.17, 15) is 0 Å². The molecule has 4 heteroatoms. The average Bonchev–Trinajstić information content (AvgIpc) is 2.81. The van der Waals surface area contributed by atoms with Crippen LogP contribution in [0.4, 0.5) is 0 Å². The van der Waals surface area contributed by atoms with E-state index in [1.807, 2.05) is 18.2 Å². The number of aromatic nitrogens is 1. The van der Waals surface area contributed by atoms with Crippen LogP contribution in [0.25, 0.3) is 10.6 Å². The Labute approximate surface area is 92.3 Å². The van der Waals surface area contributed by atoms with Crippen LogP contribution in [0.5, 0.6) is 11.5 Å². The van der Waals surface area contributed by atoms with Gasteiger partial charge in [-0.25, -0.2) is 4.98 Å². The first-order valence-corrected chi connectivity index (χ1v) is 5.21. The Balaban J connectivity index is 2.43. The fourth-order valence-corrected chi connectivity index (χ4v) is 1.86. The lowest BCUT2D eigenvalue weighted by Gasteiger charge is -2.07. The normalized spacial score (nSPS) is 10.0. The molecule has 1 heterocycles. The molecular formula is C11H10NO2S. The summed E-state index contributed by atoms with van der Waals surface area (Å²) in [5.74, 6) is 1.44. The van der Waals surface area contributed by atoms with Crippen molar-refractivity contribution in [3.05, 3.63) is 29.8 Å². The number of thiazole rings is 1. The third-order valence-electron chi connectivity index (χ3n) is 2.02. The molecule has 15 heavy (non-hydrogen) atoms. The molecule has 0 aliphatic heterocycles. The molecule has 1 aromatic carbocycles. The van der Waals surface area contributed by atoms with Crippen molar-refractivity contribution in [1.82, 2.24) is 4.98 Å². The summed E-state index contributed by atoms with van der Waals surface area (Å²) in [6, 6.07) is 5.73. The minimum atomic E-state index is 0.713. The van der Waals surface area contributed by atoms with Crippen LogP contribution in [0.15, 0.2) is 24.4 Å². The third-order valence-corrected chi connectivity index (χ3v) is 2.78. The molecule has 0 N–H and O–H groups in total. The third kappa shape index (κ3) is 1.94. The van der Waals surface area contributed by atoms with Gasteiger partial charge in [0.1, 0.15) is 5.01 Å². The second kappa shape index (κ2) is 4.31. The fraction of sp³-hybridized carbons (Fsp3) is 0.182. The Hall–Kier alpha value is -1.55. The standard InChI is InChI=1S/C11H10NO2S/c1-13-9-4-3-8(7-10(9)14-2)11-12-5-6-15-11/h3-5,7H,1-2H3. The molecular weight excluding hydrogens is 210 g/mol. The summed E-state index contributed by atoms with van der Waals surface area (Å²) in [6.07, 6.45) is 1.66. The molecule has 0 aliphatic rings. The minimum absolute atomic E-state index is 0.713. The number of benzene rings is 1. The van der Waals surface area contributed by atoms with Crippen LogP contribution in [0.3, 0.4) is 0 Å². The van der Waals surface area contributed by atoms with Gasteiger partial charge in [0.15, 0.2) is 11.5 Å². The lowest BCUT2D eigenvalue weighted by Crippen LogP contribution is -1.90. The summed E-state index contributed by atoms with van der Waals surface area (Å²) in [6.45, 7) is 0. The highest BCUT2D eigenvalue weighted by Crippen LogP contribution is 2.32. The van der Waals surface area contributed by atoms with Crippen molar-refractivity contribution in [2.24, 2.45) is 0 Å². The van der Waals surface area contributed by atoms with Crippen LogP contribution in [0.1, 0.15) is 0 Å². The highest BCUT2D eigenvalue weighted by molar-refractivity contribution is 7.12. The maximum absolute atomic E-state index is 5.22. The topological polar surface area (TPSA) is 31.4 Å². The van der Waals surface area contributed by atoms with Gasteiger partial charge in [0, 0.05) is 11.8 Å². The van der Waals surface area contributed by atoms with Crippen LogP contribution in [0.2, 0.25) is 0 Å². The number of hydrogen-bond donors (Lipinski definition) is 0. The number of rotatable bonds is 3. The van der Waals surface area contributed by atoms with E-state index in [-0.39, 0.29) is 0 Å². The summed E-state index contributed by atoms with van der Waals surface area (Å²) in [7, 11) is 3.24. The van der Waals surface area contributed by atoms with Gasteiger partial charge in [-0.15, -0.1) is 11.3 Å². The van der Waals surface area contributed by atoms with Crippen LogP contribution < -0.4 is 9.47 Å². The first kappa shape index (κ1) is 9.98. The van der Waals surface area contributed by atoms with Gasteiger partial charge in [0.2, 0.25) is 0 Å². The van der Waals surface area contributed by atoms with Crippen molar-refractivity contribution in [1.29, 1.82) is 0 Å². The summed E-state index contributed by atoms with van der Waals surface area (Å²) in [5, 5.41) is 3.88. The molecule has 0 amide bonds. The van der Waals surface area contributed by atoms with E-state index in [0.29, 0.717) is 5.75 Å². The van der Waals surface area contributed by atoms with Crippen molar-refractivity contribution < 1.29 is 9.47 Å². The Morgan fingerprint density at radius 2 is 2.00 bits per heavy atom. The number of ether oxygens (including phenoxy) is 2. The zero-order chi connectivity index (χ0) is 10.7. The predicted octanol–water partition coefficient (Wildman–Crippen LogP) is 2.63. The molecule has 0 aliphatic carbocycles. The smallest absolute Gasteiger partial charge is 0.161 e. The molecule has 0 spiro atoms. The van der Waals surface area contributed by atoms with E-state index >= 15 is 0 Å². The minimum Gasteiger partial charge on any atom is -0.493 e. The van der Waals surface area contributed by atoms with E-state index in [0.717, 1.165) is 16.3 Å². The molecule has 0 atom stereocenters. The monoisotopic (exact) mass is 220 g/mol. The maximum Gasteiger partial charge on any atom is 0.161 e. The molecule has 0 saturated heterocycles. The van der Waals surface area contributed by atoms with E-state index in [2.05, 4.69) is 10.4 Å². The average molecular weight is 220 g/mol. The molecule has 0 bridgehead atoms. The van der Waals surface area contributed by atoms with Crippen molar-refractivity contribution in [2.75, 3.05) is 14.2 Å². The Morgan fingerprint density at radius 3 is 2.60 bits per heavy atom. The second-order valence-electron chi connectivity index (χ2n) is 2.85. The van der Waals surface area contributed by atoms with E-state index in [1.165, 1.54) is 11.3 Å². The van der Waals surface area contributed by atoms with Crippen molar-refractivity contribution in [3.63, 3.8) is 0 Å². The van der Waals surface area contributed by atoms with Gasteiger partial charge < -0.3 is 9.47 Å². The predicted molar refractivity (Wildman–Crippen MR) is 59.5 cm³/mol. The van der Waals surface area contributed by atoms with Crippen molar-refractivity contribution in [3.8, 4) is 22.1 Å². The molecule has 0 fully saturated rings. The second-order valence-corrected chi connectivity index (χ2v) is 3.68. The Morgan fingerprint density at radius 1 is 1.20 bits per heavy atom. The number of methoxy groups -OCH3 is 2. The SMILES string of the molecule is COc1ccc(-c2nc[c]s2)cc1OC. The zero-order valence-corrected chi connectivity index (χ0v) is 9.30. The van der Waals surface area contributed by atoms with E-state index in [4.69, 9.17) is 9.47 Å². The quantitative estimate of drug-likeness (QED) is 0.796. The molecule has 0 unspecified atom stereocenters. The van der Waals surface area contributed by atoms with Crippen LogP contribution >= 0.6 is 11.3 Å². The van der Waals surface area contributed by atoms with E-state index in [1.54, 1.807) is 20.4 Å². The first-order valence-electron chi connectivity index (χ1n) is 4.39. The fourth-order valence-electron chi connectivity index (χ4n) is 1.30. The number of nitrogens with zero attached hydrogens (tertiary/aromatic N) is 1. The molecule has 0 saturated carbocycles. The largest absolute Gasteiger partial charge is 0.493 e. The lowest BCUT2D eigenvalue weighted by molar-refractivity contribution is 0.355. The van der Waals surface area contributed by atoms with Crippen molar-refractivity contribution >= 4 is 11.3 Å². The Kier molecular flexibility index (Phi) is 2.87. The summed E-state index contributed by atoms with van der Waals surface area (Å²) >= 11 is 1.48. The van der Waals surface area contributed by atoms with Gasteiger partial charge >= 0.3 is 0 Å². The van der Waals surface area contributed by atoms with Gasteiger partial charge in [-0.2, -0.15) is 0 Å². The van der Waals surface area contributed by atoms with Crippen LogP contribution in [-0.2, 0) is 0 Å². The summed E-state index contributed by atoms with van der Waals surface area (Å²) in [5.41, 5.74) is 1.01. The highest BCUT2D eigenvalue weighted by Gasteiger charge is 2.07. The van der Waals surface area contributed by atoms with E-state index < -0.39 is 0 Å². The lowest BCUT2D eigenvalue weighted by atomic mass is 10.2. The molecule has 3 nitrogen and oxygen atoms in total. The van der Waals surface area contributed by atoms with Gasteiger partial charge in [0.05, 0.1) is 19.6 Å². The maximum atomic E-state index is 5.22. The number of hydrogen-bond acceptors (Lipinski definition) is 4. The van der Waals surface area contributed by atoms with Gasteiger partial charge in [0.25, 0.3) is 0 Å². The van der Waals surface area contributed by atoms with Gasteiger partial charge in [-0.05, 0) is 18.2 Å². The first-order chi connectivity index (χ1) is 7.35. The molecule has 77 valence electrons. The Bertz CT molecular complexity index is 440. The highest BCUT2D eigenvalue weighted by atomic mass is 32.1. The molecule has 1 radical (unpaired) electrons. The molecule has 2 rings (SSSR count). The summed E-state index contributed by atoms with van der Waals surface area (Å²) in [4.78, 5) is 4.18. The van der Waals surface area contributed by atoms with Gasteiger partial charge in [-0.1, -0.05) is 0 Å². The summed E-state index contributed by atoms with van der Waals surface area (Å²) < 4.78 is 10.4. The van der Waals surface area contributed by atoms with Crippen molar-refractivity contribution in [2.45, 2.75) is 0 Å². The zero-order valence-electron chi connectivity index (χ0n) is 8.48. The van der Waals surface area contributed by atoms with Gasteiger partial charge in [-0.3, -0.25) is 0 Å². The van der Waals surface area contributed by atoms with Crippen LogP contribution in [-0.4, -0.2) is 19.2 Å². The molecule has 1 aromatic heterocycles.